The van der Waals surface area contributed by atoms with Crippen molar-refractivity contribution in [2.45, 2.75) is 37.6 Å². The van der Waals surface area contributed by atoms with E-state index in [0.29, 0.717) is 11.4 Å². The van der Waals surface area contributed by atoms with Crippen LogP contribution in [0.15, 0.2) is 71.3 Å². The summed E-state index contributed by atoms with van der Waals surface area (Å²) in [4.78, 5) is 18.0. The fourth-order valence-electron chi connectivity index (χ4n) is 5.40. The monoisotopic (exact) mass is 474 g/mol. The maximum atomic E-state index is 13.8. The van der Waals surface area contributed by atoms with Crippen LogP contribution in [0.3, 0.4) is 0 Å². The van der Waals surface area contributed by atoms with Crippen molar-refractivity contribution in [3.05, 3.63) is 83.1 Å². The molecular formula is C29H31ClN2O2. The summed E-state index contributed by atoms with van der Waals surface area (Å²) in [6.07, 6.45) is 4.14. The molecule has 0 N–H and O–H groups in total. The van der Waals surface area contributed by atoms with Gasteiger partial charge < -0.3 is 14.2 Å². The zero-order valence-electron chi connectivity index (χ0n) is 20.1. The maximum Gasteiger partial charge on any atom is 0.223 e. The highest BCUT2D eigenvalue weighted by molar-refractivity contribution is 6.31. The van der Waals surface area contributed by atoms with Gasteiger partial charge in [0.1, 0.15) is 5.58 Å². The first-order chi connectivity index (χ1) is 16.4. The minimum Gasteiger partial charge on any atom is -0.464 e. The Bertz CT molecular complexity index is 1340. The van der Waals surface area contributed by atoms with Crippen LogP contribution in [0, 0.1) is 0 Å². The molecule has 1 atom stereocenters. The van der Waals surface area contributed by atoms with Crippen molar-refractivity contribution in [3.8, 4) is 0 Å². The second-order valence-corrected chi connectivity index (χ2v) is 10.3. The average molecular weight is 475 g/mol. The Kier molecular flexibility index (Phi) is 6.13. The van der Waals surface area contributed by atoms with Gasteiger partial charge in [-0.2, -0.15) is 0 Å². The van der Waals surface area contributed by atoms with Gasteiger partial charge in [0.25, 0.3) is 0 Å². The Morgan fingerprint density at radius 3 is 2.65 bits per heavy atom. The van der Waals surface area contributed by atoms with Crippen molar-refractivity contribution in [1.82, 2.24) is 9.80 Å². The van der Waals surface area contributed by atoms with Gasteiger partial charge in [-0.05, 0) is 92.1 Å². The Labute approximate surface area is 206 Å². The molecule has 34 heavy (non-hydrogen) atoms. The van der Waals surface area contributed by atoms with Gasteiger partial charge in [-0.15, -0.1) is 0 Å². The Morgan fingerprint density at radius 2 is 1.85 bits per heavy atom. The summed E-state index contributed by atoms with van der Waals surface area (Å²) in [6, 6.07) is 20.5. The van der Waals surface area contributed by atoms with Gasteiger partial charge in [-0.1, -0.05) is 41.9 Å². The molecular weight excluding hydrogens is 444 g/mol. The molecule has 0 bridgehead atoms. The molecule has 5 heteroatoms. The van der Waals surface area contributed by atoms with Crippen LogP contribution in [-0.2, 0) is 10.2 Å². The van der Waals surface area contributed by atoms with Crippen LogP contribution in [0.2, 0.25) is 5.02 Å². The fraction of sp³-hybridized carbons (Fsp3) is 0.345. The number of halogens is 1. The molecule has 176 valence electrons. The SMILES string of the molecule is CC(c1cc(Cl)cc2ccccc12)N(C)C(=O)CC1(c2ccc3occc3c2)CCN(C)CC1. The fourth-order valence-corrected chi connectivity index (χ4v) is 5.63. The lowest BCUT2D eigenvalue weighted by Crippen LogP contribution is -2.44. The van der Waals surface area contributed by atoms with Gasteiger partial charge in [0.05, 0.1) is 12.3 Å². The average Bonchev–Trinajstić information content (AvgIpc) is 3.32. The van der Waals surface area contributed by atoms with Crippen LogP contribution in [0.25, 0.3) is 21.7 Å². The number of amides is 1. The van der Waals surface area contributed by atoms with E-state index in [2.05, 4.69) is 43.1 Å². The van der Waals surface area contributed by atoms with Crippen LogP contribution in [0.1, 0.15) is 43.4 Å². The van der Waals surface area contributed by atoms with E-state index < -0.39 is 0 Å². The zero-order chi connectivity index (χ0) is 23.9. The van der Waals surface area contributed by atoms with Crippen LogP contribution in [0.4, 0.5) is 0 Å². The van der Waals surface area contributed by atoms with Crippen molar-refractivity contribution in [1.29, 1.82) is 0 Å². The molecule has 1 aliphatic heterocycles. The summed E-state index contributed by atoms with van der Waals surface area (Å²) < 4.78 is 5.56. The maximum absolute atomic E-state index is 13.8. The summed E-state index contributed by atoms with van der Waals surface area (Å²) in [5.41, 5.74) is 3.02. The molecule has 1 amide bonds. The summed E-state index contributed by atoms with van der Waals surface area (Å²) in [5, 5.41) is 4.02. The second kappa shape index (κ2) is 9.09. The molecule has 1 aliphatic rings. The van der Waals surface area contributed by atoms with E-state index in [9.17, 15) is 4.79 Å². The standard InChI is InChI=1S/C29H31ClN2O2/c1-20(26-18-24(30)17-21-6-4-5-7-25(21)26)32(3)28(33)19-29(11-13-31(2)14-12-29)23-8-9-27-22(16-23)10-15-34-27/h4-10,15-18,20H,11-14,19H2,1-3H3. The molecule has 0 radical (unpaired) electrons. The molecule has 1 aromatic heterocycles. The van der Waals surface area contributed by atoms with Crippen LogP contribution >= 0.6 is 11.6 Å². The van der Waals surface area contributed by atoms with Gasteiger partial charge in [-0.25, -0.2) is 0 Å². The lowest BCUT2D eigenvalue weighted by atomic mass is 9.70. The summed E-state index contributed by atoms with van der Waals surface area (Å²) in [7, 11) is 4.08. The van der Waals surface area contributed by atoms with Crippen LogP contribution in [-0.4, -0.2) is 42.9 Å². The molecule has 1 unspecified atom stereocenters. The largest absolute Gasteiger partial charge is 0.464 e. The lowest BCUT2D eigenvalue weighted by Gasteiger charge is -2.42. The van der Waals surface area contributed by atoms with Crippen LogP contribution in [0.5, 0.6) is 0 Å². The first-order valence-electron chi connectivity index (χ1n) is 12.0. The van der Waals surface area contributed by atoms with Gasteiger partial charge in [0.2, 0.25) is 5.91 Å². The normalized spacial score (nSPS) is 17.2. The van der Waals surface area contributed by atoms with Crippen molar-refractivity contribution in [3.63, 3.8) is 0 Å². The van der Waals surface area contributed by atoms with Crippen molar-refractivity contribution < 1.29 is 9.21 Å². The molecule has 1 saturated heterocycles. The quantitative estimate of drug-likeness (QED) is 0.318. The number of benzene rings is 3. The number of rotatable bonds is 5. The van der Waals surface area contributed by atoms with E-state index in [0.717, 1.165) is 53.2 Å². The van der Waals surface area contributed by atoms with E-state index in [4.69, 9.17) is 16.0 Å². The molecule has 5 rings (SSSR count). The topological polar surface area (TPSA) is 36.7 Å². The Balaban J connectivity index is 1.45. The first kappa shape index (κ1) is 22.9. The number of furan rings is 1. The summed E-state index contributed by atoms with van der Waals surface area (Å²) >= 11 is 6.45. The number of hydrogen-bond acceptors (Lipinski definition) is 3. The van der Waals surface area contributed by atoms with Gasteiger partial charge in [-0.3, -0.25) is 4.79 Å². The summed E-state index contributed by atoms with van der Waals surface area (Å²) in [5.74, 6) is 0.161. The molecule has 0 saturated carbocycles. The predicted octanol–water partition coefficient (Wildman–Crippen LogP) is 6.81. The van der Waals surface area contributed by atoms with E-state index in [1.807, 2.05) is 48.3 Å². The molecule has 4 nitrogen and oxygen atoms in total. The van der Waals surface area contributed by atoms with Gasteiger partial charge in [0, 0.05) is 29.3 Å². The third kappa shape index (κ3) is 4.21. The smallest absolute Gasteiger partial charge is 0.223 e. The molecule has 0 spiro atoms. The number of hydrogen-bond donors (Lipinski definition) is 0. The summed E-state index contributed by atoms with van der Waals surface area (Å²) in [6.45, 7) is 4.05. The minimum atomic E-state index is -0.181. The Hall–Kier alpha value is -2.82. The van der Waals surface area contributed by atoms with Crippen LogP contribution < -0.4 is 0 Å². The van der Waals surface area contributed by atoms with Gasteiger partial charge >= 0.3 is 0 Å². The van der Waals surface area contributed by atoms with Crippen molar-refractivity contribution in [2.24, 2.45) is 0 Å². The third-order valence-electron chi connectivity index (χ3n) is 7.78. The molecule has 2 heterocycles. The van der Waals surface area contributed by atoms with E-state index in [1.54, 1.807) is 6.26 Å². The molecule has 0 aliphatic carbocycles. The number of likely N-dealkylation sites (tertiary alicyclic amines) is 1. The first-order valence-corrected chi connectivity index (χ1v) is 12.3. The number of piperidine rings is 1. The number of carbonyl (C=O) groups is 1. The highest BCUT2D eigenvalue weighted by Crippen LogP contribution is 2.41. The van der Waals surface area contributed by atoms with E-state index >= 15 is 0 Å². The minimum absolute atomic E-state index is 0.0873. The lowest BCUT2D eigenvalue weighted by molar-refractivity contribution is -0.133. The zero-order valence-corrected chi connectivity index (χ0v) is 20.8. The second-order valence-electron chi connectivity index (χ2n) is 9.83. The third-order valence-corrected chi connectivity index (χ3v) is 8.00. The highest BCUT2D eigenvalue weighted by Gasteiger charge is 2.39. The van der Waals surface area contributed by atoms with Crippen molar-refractivity contribution in [2.75, 3.05) is 27.2 Å². The number of fused-ring (bicyclic) bond motifs is 2. The highest BCUT2D eigenvalue weighted by atomic mass is 35.5. The van der Waals surface area contributed by atoms with E-state index in [1.165, 1.54) is 5.56 Å². The molecule has 4 aromatic rings. The number of carbonyl (C=O) groups excluding carboxylic acids is 1. The van der Waals surface area contributed by atoms with Gasteiger partial charge in [0.15, 0.2) is 0 Å². The number of nitrogens with zero attached hydrogens (tertiary/aromatic N) is 2. The Morgan fingerprint density at radius 1 is 1.09 bits per heavy atom. The predicted molar refractivity (Wildman–Crippen MR) is 139 cm³/mol. The molecule has 3 aromatic carbocycles. The van der Waals surface area contributed by atoms with Crippen molar-refractivity contribution >= 4 is 39.2 Å². The molecule has 1 fully saturated rings. The van der Waals surface area contributed by atoms with E-state index in [-0.39, 0.29) is 17.4 Å².